The average Bonchev–Trinajstić information content (AvgIpc) is 3.18. The van der Waals surface area contributed by atoms with Gasteiger partial charge in [0.1, 0.15) is 12.1 Å². The number of H-pyrrole nitrogens is 1. The number of piperidine rings is 1. The van der Waals surface area contributed by atoms with Crippen LogP contribution in [0, 0.1) is 18.3 Å². The van der Waals surface area contributed by atoms with Gasteiger partial charge < -0.3 is 15.2 Å². The summed E-state index contributed by atoms with van der Waals surface area (Å²) in [5, 5.41) is 13.5. The number of aromatic amines is 1. The molecule has 4 heterocycles. The Morgan fingerprint density at radius 2 is 2.32 bits per heavy atom. The largest absolute Gasteiger partial charge is 0.379 e. The Balaban J connectivity index is 1.68. The number of nitrogens with one attached hydrogen (secondary N) is 2. The molecule has 3 aromatic heterocycles. The number of hydrogen-bond acceptors (Lipinski definition) is 5. The van der Waals surface area contributed by atoms with Crippen molar-refractivity contribution in [2.24, 2.45) is 0 Å². The molecule has 7 heteroatoms. The lowest BCUT2D eigenvalue weighted by Gasteiger charge is -2.34. The van der Waals surface area contributed by atoms with Crippen LogP contribution in [0.15, 0.2) is 36.8 Å². The number of rotatable bonds is 4. The quantitative estimate of drug-likeness (QED) is 0.730. The highest BCUT2D eigenvalue weighted by Crippen LogP contribution is 2.34. The Morgan fingerprint density at radius 1 is 1.43 bits per heavy atom. The molecule has 4 rings (SSSR count). The van der Waals surface area contributed by atoms with Crippen molar-refractivity contribution in [3.63, 3.8) is 0 Å². The molecule has 1 saturated heterocycles. The van der Waals surface area contributed by atoms with Crippen LogP contribution in [-0.2, 0) is 4.79 Å². The van der Waals surface area contributed by atoms with Crippen molar-refractivity contribution < 1.29 is 4.79 Å². The Kier molecular flexibility index (Phi) is 4.94. The third-order valence-electron chi connectivity index (χ3n) is 5.13. The maximum Gasteiger partial charge on any atom is 0.236 e. The first-order valence-corrected chi connectivity index (χ1v) is 9.46. The maximum atomic E-state index is 12.1. The van der Waals surface area contributed by atoms with E-state index in [-0.39, 0.29) is 18.4 Å². The van der Waals surface area contributed by atoms with E-state index in [4.69, 9.17) is 5.26 Å². The lowest BCUT2D eigenvalue weighted by Crippen LogP contribution is -2.45. The van der Waals surface area contributed by atoms with E-state index in [1.807, 2.05) is 43.6 Å². The lowest BCUT2D eigenvalue weighted by molar-refractivity contribution is -0.131. The molecule has 1 aliphatic rings. The second-order valence-electron chi connectivity index (χ2n) is 7.16. The van der Waals surface area contributed by atoms with Gasteiger partial charge in [-0.3, -0.25) is 9.78 Å². The summed E-state index contributed by atoms with van der Waals surface area (Å²) >= 11 is 0. The van der Waals surface area contributed by atoms with Gasteiger partial charge in [0.05, 0.1) is 17.5 Å². The summed E-state index contributed by atoms with van der Waals surface area (Å²) in [6, 6.07) is 8.09. The summed E-state index contributed by atoms with van der Waals surface area (Å²) in [6.45, 7) is 3.34. The van der Waals surface area contributed by atoms with E-state index in [2.05, 4.69) is 20.3 Å². The van der Waals surface area contributed by atoms with Crippen molar-refractivity contribution in [2.45, 2.75) is 32.2 Å². The SMILES string of the molecule is Cc1ccnc(-c2cnc3[nH]ccc3c2N[C@@H]2CCCN(C(=O)CC#N)C2)c1. The van der Waals surface area contributed by atoms with Crippen LogP contribution in [0.25, 0.3) is 22.3 Å². The van der Waals surface area contributed by atoms with Gasteiger partial charge >= 0.3 is 0 Å². The normalized spacial score (nSPS) is 16.7. The Hall–Kier alpha value is -3.40. The van der Waals surface area contributed by atoms with Crippen molar-refractivity contribution in [3.8, 4) is 17.3 Å². The fourth-order valence-electron chi connectivity index (χ4n) is 3.75. The van der Waals surface area contributed by atoms with E-state index >= 15 is 0 Å². The molecule has 0 aromatic carbocycles. The Labute approximate surface area is 163 Å². The van der Waals surface area contributed by atoms with Crippen LogP contribution >= 0.6 is 0 Å². The van der Waals surface area contributed by atoms with Crippen LogP contribution in [-0.4, -0.2) is 44.9 Å². The second-order valence-corrected chi connectivity index (χ2v) is 7.16. The van der Waals surface area contributed by atoms with E-state index in [0.29, 0.717) is 13.1 Å². The lowest BCUT2D eigenvalue weighted by atomic mass is 10.0. The van der Waals surface area contributed by atoms with E-state index in [1.165, 1.54) is 0 Å². The smallest absolute Gasteiger partial charge is 0.236 e. The molecule has 7 nitrogen and oxygen atoms in total. The van der Waals surface area contributed by atoms with E-state index in [0.717, 1.165) is 46.4 Å². The van der Waals surface area contributed by atoms with Crippen LogP contribution in [0.4, 0.5) is 5.69 Å². The number of nitrogens with zero attached hydrogens (tertiary/aromatic N) is 4. The molecule has 0 bridgehead atoms. The zero-order valence-electron chi connectivity index (χ0n) is 15.8. The van der Waals surface area contributed by atoms with Crippen LogP contribution in [0.2, 0.25) is 0 Å². The number of nitriles is 1. The molecular weight excluding hydrogens is 352 g/mol. The van der Waals surface area contributed by atoms with Gasteiger partial charge in [-0.2, -0.15) is 5.26 Å². The minimum absolute atomic E-state index is 0.0670. The van der Waals surface area contributed by atoms with Gasteiger partial charge in [0.15, 0.2) is 0 Å². The number of aryl methyl sites for hydroxylation is 1. The molecule has 2 N–H and O–H groups in total. The van der Waals surface area contributed by atoms with Crippen molar-refractivity contribution in [1.82, 2.24) is 19.9 Å². The molecule has 142 valence electrons. The number of anilines is 1. The Bertz CT molecular complexity index is 1050. The summed E-state index contributed by atoms with van der Waals surface area (Å²) in [5.41, 5.74) is 4.73. The average molecular weight is 374 g/mol. The first kappa shape index (κ1) is 18.0. The number of likely N-dealkylation sites (tertiary alicyclic amines) is 1. The van der Waals surface area contributed by atoms with Gasteiger partial charge in [-0.25, -0.2) is 4.98 Å². The number of aromatic nitrogens is 3. The summed E-state index contributed by atoms with van der Waals surface area (Å²) < 4.78 is 0. The fraction of sp³-hybridized carbons (Fsp3) is 0.333. The van der Waals surface area contributed by atoms with E-state index < -0.39 is 0 Å². The van der Waals surface area contributed by atoms with E-state index in [9.17, 15) is 4.79 Å². The molecule has 0 spiro atoms. The molecule has 1 fully saturated rings. The molecule has 1 aliphatic heterocycles. The van der Waals surface area contributed by atoms with Crippen LogP contribution < -0.4 is 5.32 Å². The monoisotopic (exact) mass is 374 g/mol. The first-order chi connectivity index (χ1) is 13.7. The fourth-order valence-corrected chi connectivity index (χ4v) is 3.75. The predicted molar refractivity (Wildman–Crippen MR) is 108 cm³/mol. The van der Waals surface area contributed by atoms with Gasteiger partial charge in [-0.1, -0.05) is 0 Å². The first-order valence-electron chi connectivity index (χ1n) is 9.46. The van der Waals surface area contributed by atoms with Crippen molar-refractivity contribution in [2.75, 3.05) is 18.4 Å². The zero-order valence-corrected chi connectivity index (χ0v) is 15.8. The molecular formula is C21H22N6O. The zero-order chi connectivity index (χ0) is 19.5. The summed E-state index contributed by atoms with van der Waals surface area (Å²) in [6.07, 6.45) is 7.32. The second kappa shape index (κ2) is 7.69. The highest BCUT2D eigenvalue weighted by molar-refractivity contribution is 5.97. The van der Waals surface area contributed by atoms with Crippen molar-refractivity contribution in [1.29, 1.82) is 5.26 Å². The molecule has 1 amide bonds. The number of fused-ring (bicyclic) bond motifs is 1. The van der Waals surface area contributed by atoms with Gasteiger partial charge in [-0.15, -0.1) is 0 Å². The number of pyridine rings is 2. The third-order valence-corrected chi connectivity index (χ3v) is 5.13. The topological polar surface area (TPSA) is 97.7 Å². The number of carbonyl (C=O) groups is 1. The summed E-state index contributed by atoms with van der Waals surface area (Å²) in [7, 11) is 0. The highest BCUT2D eigenvalue weighted by atomic mass is 16.2. The van der Waals surface area contributed by atoms with Crippen LogP contribution in [0.3, 0.4) is 0 Å². The molecule has 1 atom stereocenters. The summed E-state index contributed by atoms with van der Waals surface area (Å²) in [4.78, 5) is 26.1. The van der Waals surface area contributed by atoms with Gasteiger partial charge in [-0.05, 0) is 43.5 Å². The third kappa shape index (κ3) is 3.54. The number of carbonyl (C=O) groups excluding carboxylic acids is 1. The minimum Gasteiger partial charge on any atom is -0.379 e. The summed E-state index contributed by atoms with van der Waals surface area (Å²) in [5.74, 6) is -0.101. The molecule has 0 radical (unpaired) electrons. The Morgan fingerprint density at radius 3 is 3.14 bits per heavy atom. The number of hydrogen-bond donors (Lipinski definition) is 2. The molecule has 28 heavy (non-hydrogen) atoms. The van der Waals surface area contributed by atoms with Crippen molar-refractivity contribution in [3.05, 3.63) is 42.4 Å². The maximum absolute atomic E-state index is 12.1. The molecule has 0 saturated carbocycles. The van der Waals surface area contributed by atoms with E-state index in [1.54, 1.807) is 11.1 Å². The van der Waals surface area contributed by atoms with Crippen molar-refractivity contribution >= 4 is 22.6 Å². The molecule has 0 unspecified atom stereocenters. The van der Waals surface area contributed by atoms with Gasteiger partial charge in [0.2, 0.25) is 5.91 Å². The standard InChI is InChI=1S/C21H22N6O/c1-14-5-8-23-18(11-14)17-12-25-21-16(6-9-24-21)20(17)26-15-3-2-10-27(13-15)19(28)4-7-22/h5-6,8-9,11-12,15H,2-4,10,13H2,1H3,(H2,24,25,26)/t15-/m1/s1. The van der Waals surface area contributed by atoms with Gasteiger partial charge in [0, 0.05) is 48.7 Å². The predicted octanol–water partition coefficient (Wildman–Crippen LogP) is 3.25. The van der Waals surface area contributed by atoms with Crippen LogP contribution in [0.5, 0.6) is 0 Å². The molecule has 3 aromatic rings. The minimum atomic E-state index is -0.101. The highest BCUT2D eigenvalue weighted by Gasteiger charge is 2.25. The number of amides is 1. The van der Waals surface area contributed by atoms with Gasteiger partial charge in [0.25, 0.3) is 0 Å². The molecule has 0 aliphatic carbocycles. The van der Waals surface area contributed by atoms with Crippen LogP contribution in [0.1, 0.15) is 24.8 Å².